The topological polar surface area (TPSA) is 29.3 Å². The van der Waals surface area contributed by atoms with Crippen molar-refractivity contribution in [2.24, 2.45) is 5.92 Å². The first-order chi connectivity index (χ1) is 11.8. The molecule has 1 aromatic heterocycles. The molecule has 3 nitrogen and oxygen atoms in total. The van der Waals surface area contributed by atoms with Crippen LogP contribution in [-0.2, 0) is 0 Å². The second-order valence-electron chi connectivity index (χ2n) is 7.25. The fourth-order valence-corrected chi connectivity index (χ4v) is 4.70. The third-order valence-corrected chi connectivity index (χ3v) is 6.01. The van der Waals surface area contributed by atoms with Gasteiger partial charge in [-0.3, -0.25) is 0 Å². The van der Waals surface area contributed by atoms with Gasteiger partial charge in [0.25, 0.3) is 0 Å². The third kappa shape index (κ3) is 2.76. The molecule has 3 aliphatic rings. The Labute approximate surface area is 154 Å². The van der Waals surface area contributed by atoms with Gasteiger partial charge in [0, 0.05) is 17.5 Å². The van der Waals surface area contributed by atoms with E-state index in [4.69, 9.17) is 4.42 Å². The van der Waals surface area contributed by atoms with Gasteiger partial charge in [-0.25, -0.2) is 4.98 Å². The number of fused-ring (bicyclic) bond motifs is 4. The van der Waals surface area contributed by atoms with Crippen molar-refractivity contribution in [3.8, 4) is 11.5 Å². The highest BCUT2D eigenvalue weighted by Crippen LogP contribution is 2.43. The average molecular weight is 355 g/mol. The van der Waals surface area contributed by atoms with Crippen LogP contribution in [0.1, 0.15) is 31.2 Å². The van der Waals surface area contributed by atoms with Gasteiger partial charge < -0.3 is 9.32 Å². The number of hydrogen-bond donors (Lipinski definition) is 0. The molecule has 0 radical (unpaired) electrons. The van der Waals surface area contributed by atoms with Crippen LogP contribution in [0.15, 0.2) is 52.9 Å². The summed E-state index contributed by atoms with van der Waals surface area (Å²) in [6, 6.07) is 17.5. The van der Waals surface area contributed by atoms with Crippen molar-refractivity contribution in [2.45, 2.75) is 31.7 Å². The van der Waals surface area contributed by atoms with Crippen LogP contribution in [0.25, 0.3) is 22.6 Å². The Balaban J connectivity index is 0.00000157. The van der Waals surface area contributed by atoms with E-state index in [1.807, 2.05) is 24.3 Å². The van der Waals surface area contributed by atoms with Crippen LogP contribution >= 0.6 is 12.4 Å². The molecule has 6 rings (SSSR count). The van der Waals surface area contributed by atoms with Crippen LogP contribution in [0.2, 0.25) is 0 Å². The van der Waals surface area contributed by atoms with Gasteiger partial charge in [-0.15, -0.1) is 12.4 Å². The number of piperidine rings is 3. The summed E-state index contributed by atoms with van der Waals surface area (Å²) in [5.74, 6) is 2.23. The lowest BCUT2D eigenvalue weighted by atomic mass is 9.71. The second-order valence-corrected chi connectivity index (χ2v) is 7.25. The summed E-state index contributed by atoms with van der Waals surface area (Å²) in [6.45, 7) is 4.96. The van der Waals surface area contributed by atoms with E-state index < -0.39 is 0 Å². The Morgan fingerprint density at radius 1 is 1.00 bits per heavy atom. The lowest BCUT2D eigenvalue weighted by Crippen LogP contribution is -2.52. The van der Waals surface area contributed by atoms with E-state index in [9.17, 15) is 0 Å². The van der Waals surface area contributed by atoms with E-state index in [0.717, 1.165) is 22.6 Å². The summed E-state index contributed by atoms with van der Waals surface area (Å²) >= 11 is 0. The Hall–Kier alpha value is -1.84. The molecular formula is C21H23ClN2O. The lowest BCUT2D eigenvalue weighted by molar-refractivity contribution is 0.0350. The monoisotopic (exact) mass is 354 g/mol. The van der Waals surface area contributed by atoms with Gasteiger partial charge >= 0.3 is 0 Å². The predicted octanol–water partition coefficient (Wildman–Crippen LogP) is 5.11. The summed E-state index contributed by atoms with van der Waals surface area (Å²) in [5.41, 5.74) is 4.30. The molecule has 2 aromatic carbocycles. The summed E-state index contributed by atoms with van der Waals surface area (Å²) in [7, 11) is 0. The van der Waals surface area contributed by atoms with Gasteiger partial charge in [0.2, 0.25) is 5.89 Å². The zero-order valence-electron chi connectivity index (χ0n) is 14.4. The Morgan fingerprint density at radius 3 is 2.40 bits per heavy atom. The highest BCUT2D eigenvalue weighted by molar-refractivity contribution is 5.85. The molecule has 2 atom stereocenters. The summed E-state index contributed by atoms with van der Waals surface area (Å²) in [5, 5.41) is 0. The number of nitrogens with zero attached hydrogens (tertiary/aromatic N) is 2. The maximum Gasteiger partial charge on any atom is 0.227 e. The molecule has 3 aromatic rings. The van der Waals surface area contributed by atoms with Gasteiger partial charge in [-0.1, -0.05) is 24.3 Å². The first-order valence-electron chi connectivity index (χ1n) is 8.99. The van der Waals surface area contributed by atoms with E-state index >= 15 is 0 Å². The highest BCUT2D eigenvalue weighted by Gasteiger charge is 2.40. The van der Waals surface area contributed by atoms with Crippen LogP contribution in [-0.4, -0.2) is 29.0 Å². The van der Waals surface area contributed by atoms with Gasteiger partial charge in [0.05, 0.1) is 0 Å². The standard InChI is InChI=1S/C21H22N2O.ClH/c1-14-20(16-10-12-23(14)13-11-16)15-6-8-17(9-7-15)21-22-18-4-2-3-5-19(18)24-21;/h2-9,14,16,20H,10-13H2,1H3;1H. The molecule has 3 aliphatic heterocycles. The van der Waals surface area contributed by atoms with Crippen molar-refractivity contribution in [3.63, 3.8) is 0 Å². The number of aromatic nitrogens is 1. The first-order valence-corrected chi connectivity index (χ1v) is 8.99. The molecular weight excluding hydrogens is 332 g/mol. The minimum Gasteiger partial charge on any atom is -0.436 e. The predicted molar refractivity (Wildman–Crippen MR) is 103 cm³/mol. The zero-order valence-corrected chi connectivity index (χ0v) is 15.2. The number of benzene rings is 2. The molecule has 0 saturated carbocycles. The number of halogens is 1. The van der Waals surface area contributed by atoms with Crippen molar-refractivity contribution in [1.29, 1.82) is 0 Å². The molecule has 25 heavy (non-hydrogen) atoms. The van der Waals surface area contributed by atoms with Gasteiger partial charge in [-0.05, 0) is 68.6 Å². The largest absolute Gasteiger partial charge is 0.436 e. The molecule has 0 N–H and O–H groups in total. The molecule has 3 fully saturated rings. The maximum atomic E-state index is 5.89. The van der Waals surface area contributed by atoms with E-state index in [0.29, 0.717) is 17.9 Å². The van der Waals surface area contributed by atoms with Gasteiger partial charge in [-0.2, -0.15) is 0 Å². The maximum absolute atomic E-state index is 5.89. The van der Waals surface area contributed by atoms with Crippen LogP contribution in [0.4, 0.5) is 0 Å². The number of hydrogen-bond acceptors (Lipinski definition) is 3. The van der Waals surface area contributed by atoms with E-state index in [-0.39, 0.29) is 12.4 Å². The summed E-state index contributed by atoms with van der Waals surface area (Å²) in [6.07, 6.45) is 2.70. The van der Waals surface area contributed by atoms with E-state index in [1.54, 1.807) is 0 Å². The molecule has 0 spiro atoms. The molecule has 2 bridgehead atoms. The summed E-state index contributed by atoms with van der Waals surface area (Å²) in [4.78, 5) is 7.26. The van der Waals surface area contributed by atoms with Gasteiger partial charge in [0.15, 0.2) is 5.58 Å². The van der Waals surface area contributed by atoms with Crippen molar-refractivity contribution in [3.05, 3.63) is 54.1 Å². The molecule has 0 amide bonds. The van der Waals surface area contributed by atoms with Crippen molar-refractivity contribution >= 4 is 23.5 Å². The molecule has 4 heterocycles. The van der Waals surface area contributed by atoms with E-state index in [1.165, 1.54) is 31.5 Å². The van der Waals surface area contributed by atoms with Crippen molar-refractivity contribution in [1.82, 2.24) is 9.88 Å². The zero-order chi connectivity index (χ0) is 16.1. The first kappa shape index (κ1) is 16.6. The molecule has 2 unspecified atom stereocenters. The lowest BCUT2D eigenvalue weighted by Gasteiger charge is -2.50. The minimum absolute atomic E-state index is 0. The van der Waals surface area contributed by atoms with E-state index in [2.05, 4.69) is 41.1 Å². The fourth-order valence-electron chi connectivity index (χ4n) is 4.70. The van der Waals surface area contributed by atoms with Crippen LogP contribution < -0.4 is 0 Å². The van der Waals surface area contributed by atoms with Gasteiger partial charge in [0.1, 0.15) is 5.52 Å². The Morgan fingerprint density at radius 2 is 1.72 bits per heavy atom. The molecule has 3 saturated heterocycles. The molecule has 0 aliphatic carbocycles. The quantitative estimate of drug-likeness (QED) is 0.640. The second kappa shape index (κ2) is 6.47. The molecule has 130 valence electrons. The van der Waals surface area contributed by atoms with Crippen LogP contribution in [0.3, 0.4) is 0 Å². The summed E-state index contributed by atoms with van der Waals surface area (Å²) < 4.78 is 5.89. The average Bonchev–Trinajstić information content (AvgIpc) is 3.07. The number of rotatable bonds is 2. The fraction of sp³-hybridized carbons (Fsp3) is 0.381. The van der Waals surface area contributed by atoms with Crippen molar-refractivity contribution in [2.75, 3.05) is 13.1 Å². The smallest absolute Gasteiger partial charge is 0.227 e. The Kier molecular flexibility index (Phi) is 4.30. The third-order valence-electron chi connectivity index (χ3n) is 6.01. The SMILES string of the molecule is CC1C(c2ccc(-c3nc4ccccc4o3)cc2)C2CCN1CC2.Cl. The van der Waals surface area contributed by atoms with Crippen LogP contribution in [0, 0.1) is 5.92 Å². The van der Waals surface area contributed by atoms with Crippen LogP contribution in [0.5, 0.6) is 0 Å². The molecule has 4 heteroatoms. The normalized spacial score (nSPS) is 28.0. The number of oxazole rings is 1. The Bertz CT molecular complexity index is 830. The minimum atomic E-state index is 0. The van der Waals surface area contributed by atoms with Crippen molar-refractivity contribution < 1.29 is 4.42 Å². The highest BCUT2D eigenvalue weighted by atomic mass is 35.5. The number of para-hydroxylation sites is 2.